The Bertz CT molecular complexity index is 336. The molecule has 1 aliphatic rings. The van der Waals surface area contributed by atoms with Gasteiger partial charge in [-0.3, -0.25) is 9.59 Å². The number of carbonyl (C=O) groups excluding carboxylic acids is 2. The summed E-state index contributed by atoms with van der Waals surface area (Å²) in [6.07, 6.45) is 3.26. The summed E-state index contributed by atoms with van der Waals surface area (Å²) in [7, 11) is 0. The van der Waals surface area contributed by atoms with Crippen molar-refractivity contribution in [1.29, 1.82) is 5.41 Å². The molecule has 0 aromatic rings. The predicted molar refractivity (Wildman–Crippen MR) is 81.1 cm³/mol. The van der Waals surface area contributed by atoms with Crippen molar-refractivity contribution in [2.75, 3.05) is 5.75 Å². The minimum atomic E-state index is -0.717. The average Bonchev–Trinajstić information content (AvgIpc) is 2.28. The van der Waals surface area contributed by atoms with Gasteiger partial charge in [-0.25, -0.2) is 0 Å². The lowest BCUT2D eigenvalue weighted by Gasteiger charge is -2.29. The van der Waals surface area contributed by atoms with E-state index in [2.05, 4.69) is 13.8 Å². The fraction of sp³-hybridized carbons (Fsp3) is 0.800. The molecule has 0 aromatic carbocycles. The molecule has 1 N–H and O–H groups in total. The highest BCUT2D eigenvalue weighted by Gasteiger charge is 2.37. The Labute approximate surface area is 120 Å². The van der Waals surface area contributed by atoms with Gasteiger partial charge >= 0.3 is 0 Å². The molecule has 3 nitrogen and oxygen atoms in total. The summed E-state index contributed by atoms with van der Waals surface area (Å²) < 4.78 is 0. The summed E-state index contributed by atoms with van der Waals surface area (Å²) in [4.78, 5) is 24.0. The number of nitrogens with one attached hydrogen (secondary N) is 1. The number of carbonyl (C=O) groups is 2. The standard InChI is InChI=1S/C15H25NO2S/c1-4-6-13(17)15-12(16)8-11(9-14(15)18)7-10(3)19-5-2/h10-11,15-16H,4-9H2,1-3H3/t10-,11+,15+/m0/s1. The Morgan fingerprint density at radius 2 is 2.11 bits per heavy atom. The third-order valence-corrected chi connectivity index (χ3v) is 4.70. The minimum Gasteiger partial charge on any atom is -0.308 e. The first-order chi connectivity index (χ1) is 8.99. The van der Waals surface area contributed by atoms with Crippen LogP contribution < -0.4 is 0 Å². The van der Waals surface area contributed by atoms with Gasteiger partial charge < -0.3 is 5.41 Å². The molecule has 0 aliphatic heterocycles. The van der Waals surface area contributed by atoms with E-state index >= 15 is 0 Å². The number of hydrogen-bond donors (Lipinski definition) is 1. The van der Waals surface area contributed by atoms with E-state index in [0.717, 1.165) is 18.6 Å². The van der Waals surface area contributed by atoms with Crippen LogP contribution in [0.25, 0.3) is 0 Å². The van der Waals surface area contributed by atoms with Crippen LogP contribution in [-0.2, 0) is 9.59 Å². The van der Waals surface area contributed by atoms with Gasteiger partial charge in [0.1, 0.15) is 17.5 Å². The van der Waals surface area contributed by atoms with Crippen molar-refractivity contribution < 1.29 is 9.59 Å². The van der Waals surface area contributed by atoms with E-state index in [1.54, 1.807) is 0 Å². The summed E-state index contributed by atoms with van der Waals surface area (Å²) in [5.74, 6) is 0.557. The number of hydrogen-bond acceptors (Lipinski definition) is 4. The molecule has 0 amide bonds. The zero-order valence-electron chi connectivity index (χ0n) is 12.2. The van der Waals surface area contributed by atoms with Crippen LogP contribution in [0.15, 0.2) is 0 Å². The van der Waals surface area contributed by atoms with E-state index in [0.29, 0.717) is 30.2 Å². The lowest BCUT2D eigenvalue weighted by Crippen LogP contribution is -2.38. The topological polar surface area (TPSA) is 58.0 Å². The van der Waals surface area contributed by atoms with Crippen molar-refractivity contribution in [2.45, 2.75) is 58.1 Å². The molecule has 1 rings (SSSR count). The van der Waals surface area contributed by atoms with Gasteiger partial charge in [-0.05, 0) is 30.9 Å². The van der Waals surface area contributed by atoms with E-state index in [9.17, 15) is 9.59 Å². The molecule has 4 heteroatoms. The fourth-order valence-electron chi connectivity index (χ4n) is 2.85. The maximum atomic E-state index is 12.1. The molecule has 1 aliphatic carbocycles. The Kier molecular flexibility index (Phi) is 6.76. The first-order valence-electron chi connectivity index (χ1n) is 7.23. The zero-order valence-corrected chi connectivity index (χ0v) is 13.0. The molecule has 108 valence electrons. The molecule has 0 aromatic heterocycles. The Hall–Kier alpha value is -0.640. The smallest absolute Gasteiger partial charge is 0.149 e. The van der Waals surface area contributed by atoms with Crippen molar-refractivity contribution in [3.8, 4) is 0 Å². The molecule has 19 heavy (non-hydrogen) atoms. The Morgan fingerprint density at radius 3 is 2.63 bits per heavy atom. The highest BCUT2D eigenvalue weighted by atomic mass is 32.2. The van der Waals surface area contributed by atoms with Crippen molar-refractivity contribution >= 4 is 29.0 Å². The predicted octanol–water partition coefficient (Wildman–Crippen LogP) is 3.50. The van der Waals surface area contributed by atoms with Crippen LogP contribution in [0.3, 0.4) is 0 Å². The first-order valence-corrected chi connectivity index (χ1v) is 8.28. The monoisotopic (exact) mass is 283 g/mol. The van der Waals surface area contributed by atoms with Crippen LogP contribution >= 0.6 is 11.8 Å². The van der Waals surface area contributed by atoms with Gasteiger partial charge in [0.05, 0.1) is 0 Å². The van der Waals surface area contributed by atoms with E-state index < -0.39 is 5.92 Å². The van der Waals surface area contributed by atoms with Crippen LogP contribution in [0.1, 0.15) is 52.9 Å². The van der Waals surface area contributed by atoms with Gasteiger partial charge in [0.2, 0.25) is 0 Å². The van der Waals surface area contributed by atoms with Crippen LogP contribution in [-0.4, -0.2) is 28.3 Å². The molecule has 0 radical (unpaired) electrons. The van der Waals surface area contributed by atoms with Crippen LogP contribution in [0, 0.1) is 17.2 Å². The summed E-state index contributed by atoms with van der Waals surface area (Å²) in [5.41, 5.74) is 0.355. The van der Waals surface area contributed by atoms with Crippen molar-refractivity contribution in [1.82, 2.24) is 0 Å². The second-order valence-electron chi connectivity index (χ2n) is 5.42. The summed E-state index contributed by atoms with van der Waals surface area (Å²) >= 11 is 1.89. The molecule has 0 bridgehead atoms. The minimum absolute atomic E-state index is 0.0200. The number of thioether (sulfide) groups is 1. The van der Waals surface area contributed by atoms with Crippen molar-refractivity contribution in [3.63, 3.8) is 0 Å². The third-order valence-electron chi connectivity index (χ3n) is 3.60. The average molecular weight is 283 g/mol. The zero-order chi connectivity index (χ0) is 14.4. The normalized spacial score (nSPS) is 25.4. The van der Waals surface area contributed by atoms with E-state index in [1.807, 2.05) is 18.7 Å². The van der Waals surface area contributed by atoms with Gasteiger partial charge in [-0.2, -0.15) is 11.8 Å². The van der Waals surface area contributed by atoms with Crippen molar-refractivity contribution in [3.05, 3.63) is 0 Å². The second-order valence-corrected chi connectivity index (χ2v) is 7.13. The molecular weight excluding hydrogens is 258 g/mol. The first kappa shape index (κ1) is 16.4. The number of Topliss-reactive ketones (excluding diaryl/α,β-unsaturated/α-hetero) is 2. The summed E-state index contributed by atoms with van der Waals surface area (Å²) in [6, 6.07) is 0. The Balaban J connectivity index is 2.58. The van der Waals surface area contributed by atoms with Crippen LogP contribution in [0.4, 0.5) is 0 Å². The largest absolute Gasteiger partial charge is 0.308 e. The van der Waals surface area contributed by atoms with Crippen molar-refractivity contribution in [2.24, 2.45) is 11.8 Å². The van der Waals surface area contributed by atoms with Crippen LogP contribution in [0.2, 0.25) is 0 Å². The highest BCUT2D eigenvalue weighted by molar-refractivity contribution is 7.99. The fourth-order valence-corrected chi connectivity index (χ4v) is 3.83. The third kappa shape index (κ3) is 4.75. The maximum Gasteiger partial charge on any atom is 0.149 e. The SMILES string of the molecule is CCCC(=O)[C@H]1C(=N)C[C@@H](C[C@H](C)SCC)CC1=O. The Morgan fingerprint density at radius 1 is 1.42 bits per heavy atom. The quantitative estimate of drug-likeness (QED) is 0.727. The number of rotatable bonds is 7. The lowest BCUT2D eigenvalue weighted by molar-refractivity contribution is -0.131. The van der Waals surface area contributed by atoms with Crippen LogP contribution in [0.5, 0.6) is 0 Å². The highest BCUT2D eigenvalue weighted by Crippen LogP contribution is 2.31. The van der Waals surface area contributed by atoms with E-state index in [-0.39, 0.29) is 17.5 Å². The lowest BCUT2D eigenvalue weighted by atomic mass is 9.75. The molecule has 0 heterocycles. The van der Waals surface area contributed by atoms with Gasteiger partial charge in [0, 0.05) is 23.8 Å². The molecular formula is C15H25NO2S. The molecule has 0 unspecified atom stereocenters. The summed E-state index contributed by atoms with van der Waals surface area (Å²) in [6.45, 7) is 6.24. The molecule has 1 fully saturated rings. The molecule has 1 saturated carbocycles. The van der Waals surface area contributed by atoms with Gasteiger partial charge in [0.25, 0.3) is 0 Å². The molecule has 0 spiro atoms. The van der Waals surface area contributed by atoms with Gasteiger partial charge in [0.15, 0.2) is 0 Å². The van der Waals surface area contributed by atoms with E-state index in [4.69, 9.17) is 5.41 Å². The maximum absolute atomic E-state index is 12.1. The van der Waals surface area contributed by atoms with Gasteiger partial charge in [-0.15, -0.1) is 0 Å². The summed E-state index contributed by atoms with van der Waals surface area (Å²) in [5, 5.41) is 8.54. The van der Waals surface area contributed by atoms with E-state index in [1.165, 1.54) is 0 Å². The number of ketones is 2. The molecule has 3 atom stereocenters. The second kappa shape index (κ2) is 7.83. The van der Waals surface area contributed by atoms with Gasteiger partial charge in [-0.1, -0.05) is 20.8 Å². The molecule has 0 saturated heterocycles.